The van der Waals surface area contributed by atoms with Crippen LogP contribution in [0, 0.1) is 5.92 Å². The molecule has 2 N–H and O–H groups in total. The second-order valence-electron chi connectivity index (χ2n) is 2.60. The van der Waals surface area contributed by atoms with Gasteiger partial charge in [0, 0.05) is 0 Å². The smallest absolute Gasteiger partial charge is 0.0979 e. The summed E-state index contributed by atoms with van der Waals surface area (Å²) in [5.74, 6) is 0.132. The minimum Gasteiger partial charge on any atom is -0.390 e. The van der Waals surface area contributed by atoms with Crippen molar-refractivity contribution in [2.45, 2.75) is 32.5 Å². The zero-order valence-corrected chi connectivity index (χ0v) is 6.62. The van der Waals surface area contributed by atoms with Gasteiger partial charge in [0.15, 0.2) is 0 Å². The molecule has 0 radical (unpaired) electrons. The summed E-state index contributed by atoms with van der Waals surface area (Å²) in [5.41, 5.74) is 0. The van der Waals surface area contributed by atoms with Gasteiger partial charge in [-0.2, -0.15) is 0 Å². The van der Waals surface area contributed by atoms with Gasteiger partial charge in [0.1, 0.15) is 0 Å². The van der Waals surface area contributed by atoms with E-state index in [2.05, 4.69) is 6.58 Å². The molecular weight excluding hydrogens is 128 g/mol. The molecule has 0 aliphatic carbocycles. The SMILES string of the molecule is C=CC(O)C(O)C(C)CC. The highest BCUT2D eigenvalue weighted by atomic mass is 16.3. The van der Waals surface area contributed by atoms with Crippen LogP contribution in [0.1, 0.15) is 20.3 Å². The molecule has 0 saturated carbocycles. The summed E-state index contributed by atoms with van der Waals surface area (Å²) in [4.78, 5) is 0. The number of aliphatic hydroxyl groups is 2. The monoisotopic (exact) mass is 144 g/mol. The molecule has 0 rings (SSSR count). The average molecular weight is 144 g/mol. The van der Waals surface area contributed by atoms with Gasteiger partial charge in [-0.1, -0.05) is 26.3 Å². The third-order valence-electron chi connectivity index (χ3n) is 1.82. The Morgan fingerprint density at radius 3 is 2.30 bits per heavy atom. The van der Waals surface area contributed by atoms with Crippen molar-refractivity contribution in [3.8, 4) is 0 Å². The van der Waals surface area contributed by atoms with E-state index < -0.39 is 12.2 Å². The Morgan fingerprint density at radius 2 is 2.00 bits per heavy atom. The van der Waals surface area contributed by atoms with Gasteiger partial charge in [-0.05, 0) is 5.92 Å². The summed E-state index contributed by atoms with van der Waals surface area (Å²) in [5, 5.41) is 18.3. The maximum Gasteiger partial charge on any atom is 0.0979 e. The summed E-state index contributed by atoms with van der Waals surface area (Å²) >= 11 is 0. The second kappa shape index (κ2) is 4.47. The van der Waals surface area contributed by atoms with Crippen molar-refractivity contribution in [1.82, 2.24) is 0 Å². The van der Waals surface area contributed by atoms with E-state index in [0.717, 1.165) is 6.42 Å². The van der Waals surface area contributed by atoms with E-state index in [1.807, 2.05) is 13.8 Å². The van der Waals surface area contributed by atoms with Crippen molar-refractivity contribution in [2.24, 2.45) is 5.92 Å². The number of rotatable bonds is 4. The first-order valence-corrected chi connectivity index (χ1v) is 3.62. The molecule has 0 aliphatic heterocycles. The highest BCUT2D eigenvalue weighted by Crippen LogP contribution is 2.11. The van der Waals surface area contributed by atoms with E-state index in [1.54, 1.807) is 0 Å². The Bertz CT molecular complexity index is 101. The van der Waals surface area contributed by atoms with Gasteiger partial charge in [-0.15, -0.1) is 6.58 Å². The van der Waals surface area contributed by atoms with Crippen LogP contribution < -0.4 is 0 Å². The molecule has 2 heteroatoms. The van der Waals surface area contributed by atoms with Gasteiger partial charge in [0.25, 0.3) is 0 Å². The summed E-state index contributed by atoms with van der Waals surface area (Å²) in [6.45, 7) is 7.26. The summed E-state index contributed by atoms with van der Waals surface area (Å²) < 4.78 is 0. The molecule has 60 valence electrons. The Hall–Kier alpha value is -0.340. The van der Waals surface area contributed by atoms with Crippen molar-refractivity contribution in [2.75, 3.05) is 0 Å². The van der Waals surface area contributed by atoms with Crippen LogP contribution in [0.15, 0.2) is 12.7 Å². The first-order valence-electron chi connectivity index (χ1n) is 3.62. The molecule has 0 amide bonds. The van der Waals surface area contributed by atoms with Crippen LogP contribution in [0.2, 0.25) is 0 Å². The molecule has 0 aliphatic rings. The van der Waals surface area contributed by atoms with E-state index in [-0.39, 0.29) is 5.92 Å². The molecule has 0 heterocycles. The highest BCUT2D eigenvalue weighted by Gasteiger charge is 2.18. The lowest BCUT2D eigenvalue weighted by Crippen LogP contribution is -2.29. The highest BCUT2D eigenvalue weighted by molar-refractivity contribution is 4.86. The number of hydrogen-bond acceptors (Lipinski definition) is 2. The van der Waals surface area contributed by atoms with Crippen molar-refractivity contribution in [1.29, 1.82) is 0 Å². The number of aliphatic hydroxyl groups excluding tert-OH is 2. The average Bonchev–Trinajstić information content (AvgIpc) is 2.00. The lowest BCUT2D eigenvalue weighted by atomic mass is 9.97. The maximum atomic E-state index is 9.26. The lowest BCUT2D eigenvalue weighted by Gasteiger charge is -2.19. The van der Waals surface area contributed by atoms with Gasteiger partial charge in [-0.25, -0.2) is 0 Å². The largest absolute Gasteiger partial charge is 0.390 e. The fraction of sp³-hybridized carbons (Fsp3) is 0.750. The van der Waals surface area contributed by atoms with Gasteiger partial charge >= 0.3 is 0 Å². The number of hydrogen-bond donors (Lipinski definition) is 2. The maximum absolute atomic E-state index is 9.26. The zero-order valence-electron chi connectivity index (χ0n) is 6.62. The molecule has 0 spiro atoms. The van der Waals surface area contributed by atoms with Gasteiger partial charge < -0.3 is 10.2 Å². The van der Waals surface area contributed by atoms with Gasteiger partial charge in [0.05, 0.1) is 12.2 Å². The minimum atomic E-state index is -0.782. The van der Waals surface area contributed by atoms with E-state index in [4.69, 9.17) is 5.11 Å². The Morgan fingerprint density at radius 1 is 1.50 bits per heavy atom. The van der Waals surface area contributed by atoms with Crippen LogP contribution in [-0.4, -0.2) is 22.4 Å². The molecule has 3 atom stereocenters. The molecule has 0 fully saturated rings. The fourth-order valence-corrected chi connectivity index (χ4v) is 0.718. The fourth-order valence-electron chi connectivity index (χ4n) is 0.718. The van der Waals surface area contributed by atoms with E-state index in [0.29, 0.717) is 0 Å². The van der Waals surface area contributed by atoms with Crippen LogP contribution in [0.25, 0.3) is 0 Å². The molecule has 0 aromatic rings. The molecule has 3 unspecified atom stereocenters. The first-order chi connectivity index (χ1) is 4.63. The van der Waals surface area contributed by atoms with Crippen molar-refractivity contribution in [3.63, 3.8) is 0 Å². The molecule has 10 heavy (non-hydrogen) atoms. The third-order valence-corrected chi connectivity index (χ3v) is 1.82. The third kappa shape index (κ3) is 2.50. The molecule has 0 saturated heterocycles. The Kier molecular flexibility index (Phi) is 4.32. The topological polar surface area (TPSA) is 40.5 Å². The van der Waals surface area contributed by atoms with Crippen LogP contribution in [-0.2, 0) is 0 Å². The summed E-state index contributed by atoms with van der Waals surface area (Å²) in [6, 6.07) is 0. The van der Waals surface area contributed by atoms with Crippen LogP contribution in [0.5, 0.6) is 0 Å². The normalized spacial score (nSPS) is 19.6. The minimum absolute atomic E-state index is 0.132. The molecule has 2 nitrogen and oxygen atoms in total. The first kappa shape index (κ1) is 9.66. The second-order valence-corrected chi connectivity index (χ2v) is 2.60. The Balaban J connectivity index is 3.80. The summed E-state index contributed by atoms with van der Waals surface area (Å²) in [6.07, 6.45) is 0.778. The standard InChI is InChI=1S/C8H16O2/c1-4-6(3)8(10)7(9)5-2/h5-10H,2,4H2,1,3H3. The van der Waals surface area contributed by atoms with Crippen LogP contribution in [0.3, 0.4) is 0 Å². The summed E-state index contributed by atoms with van der Waals surface area (Å²) in [7, 11) is 0. The van der Waals surface area contributed by atoms with Crippen molar-refractivity contribution in [3.05, 3.63) is 12.7 Å². The molecule has 0 aromatic heterocycles. The quantitative estimate of drug-likeness (QED) is 0.576. The van der Waals surface area contributed by atoms with E-state index >= 15 is 0 Å². The molecule has 0 bridgehead atoms. The zero-order chi connectivity index (χ0) is 8.15. The molecular formula is C8H16O2. The van der Waals surface area contributed by atoms with Crippen molar-refractivity contribution < 1.29 is 10.2 Å². The predicted molar refractivity (Wildman–Crippen MR) is 41.7 cm³/mol. The Labute approximate surface area is 62.2 Å². The van der Waals surface area contributed by atoms with Crippen LogP contribution >= 0.6 is 0 Å². The lowest BCUT2D eigenvalue weighted by molar-refractivity contribution is 0.0122. The van der Waals surface area contributed by atoms with Gasteiger partial charge in [-0.3, -0.25) is 0 Å². The molecule has 0 aromatic carbocycles. The predicted octanol–water partition coefficient (Wildman–Crippen LogP) is 0.940. The van der Waals surface area contributed by atoms with Crippen molar-refractivity contribution >= 4 is 0 Å². The van der Waals surface area contributed by atoms with Gasteiger partial charge in [0.2, 0.25) is 0 Å². The van der Waals surface area contributed by atoms with Crippen LogP contribution in [0.4, 0.5) is 0 Å². The van der Waals surface area contributed by atoms with E-state index in [9.17, 15) is 5.11 Å². The van der Waals surface area contributed by atoms with E-state index in [1.165, 1.54) is 6.08 Å².